The molecule has 0 spiro atoms. The summed E-state index contributed by atoms with van der Waals surface area (Å²) in [6.07, 6.45) is -0.376. The van der Waals surface area contributed by atoms with Gasteiger partial charge < -0.3 is 14.9 Å². The molecule has 0 aromatic rings. The van der Waals surface area contributed by atoms with Crippen LogP contribution in [0.2, 0.25) is 18.1 Å². The Morgan fingerprint density at radius 2 is 1.67 bits per heavy atom. The van der Waals surface area contributed by atoms with Crippen LogP contribution in [0.3, 0.4) is 0 Å². The Morgan fingerprint density at radius 1 is 1.19 bits per heavy atom. The van der Waals surface area contributed by atoms with Crippen LogP contribution in [0.25, 0.3) is 0 Å². The van der Waals surface area contributed by atoms with Crippen molar-refractivity contribution in [1.82, 2.24) is 4.90 Å². The molecule has 0 rings (SSSR count). The highest BCUT2D eigenvalue weighted by Crippen LogP contribution is 2.36. The first kappa shape index (κ1) is 20.4. The Kier molecular flexibility index (Phi) is 6.91. The highest BCUT2D eigenvalue weighted by atomic mass is 28.4. The van der Waals surface area contributed by atoms with Crippen LogP contribution in [0.15, 0.2) is 0 Å². The standard InChI is InChI=1S/C15H34N2O3Si/c1-12(16)10-17(13(18)20-14(2,3)4)11-19-21(8,9)15(5,6)7/h12H,10-11,16H2,1-9H3/t12-/m0/s1. The molecule has 0 aliphatic heterocycles. The van der Waals surface area contributed by atoms with E-state index in [0.717, 1.165) is 0 Å². The second-order valence-corrected chi connectivity index (χ2v) is 13.0. The first-order valence-electron chi connectivity index (χ1n) is 7.53. The lowest BCUT2D eigenvalue weighted by molar-refractivity contribution is 0.00698. The number of nitrogens with zero attached hydrogens (tertiary/aromatic N) is 1. The molecule has 5 nitrogen and oxygen atoms in total. The third-order valence-corrected chi connectivity index (χ3v) is 8.01. The molecule has 1 amide bonds. The Hall–Kier alpha value is -0.593. The first-order chi connectivity index (χ1) is 9.16. The Bertz CT molecular complexity index is 344. The fraction of sp³-hybridized carbons (Fsp3) is 0.933. The number of rotatable bonds is 5. The maximum Gasteiger partial charge on any atom is 0.412 e. The molecule has 0 bridgehead atoms. The fourth-order valence-electron chi connectivity index (χ4n) is 1.31. The zero-order chi connectivity index (χ0) is 17.1. The second-order valence-electron chi connectivity index (χ2n) is 8.21. The molecule has 0 aliphatic rings. The van der Waals surface area contributed by atoms with Gasteiger partial charge in [-0.15, -0.1) is 0 Å². The summed E-state index contributed by atoms with van der Waals surface area (Å²) in [6, 6.07) is -0.125. The molecule has 0 saturated heterocycles. The van der Waals surface area contributed by atoms with Gasteiger partial charge in [-0.3, -0.25) is 4.90 Å². The van der Waals surface area contributed by atoms with Crippen LogP contribution in [0.5, 0.6) is 0 Å². The van der Waals surface area contributed by atoms with Gasteiger partial charge in [0.25, 0.3) is 0 Å². The maximum atomic E-state index is 12.2. The summed E-state index contributed by atoms with van der Waals surface area (Å²) in [5.41, 5.74) is 5.30. The highest BCUT2D eigenvalue weighted by molar-refractivity contribution is 6.74. The average molecular weight is 319 g/mol. The minimum Gasteiger partial charge on any atom is -0.444 e. The van der Waals surface area contributed by atoms with Gasteiger partial charge in [0.2, 0.25) is 0 Å². The fourth-order valence-corrected chi connectivity index (χ4v) is 2.22. The molecule has 0 fully saturated rings. The van der Waals surface area contributed by atoms with Gasteiger partial charge in [-0.25, -0.2) is 4.79 Å². The molecule has 0 saturated carbocycles. The summed E-state index contributed by atoms with van der Waals surface area (Å²) in [6.45, 7) is 18.9. The first-order valence-corrected chi connectivity index (χ1v) is 10.4. The van der Waals surface area contributed by atoms with Gasteiger partial charge in [-0.2, -0.15) is 0 Å². The van der Waals surface area contributed by atoms with Crippen molar-refractivity contribution in [1.29, 1.82) is 0 Å². The number of carbonyl (C=O) groups is 1. The average Bonchev–Trinajstić information content (AvgIpc) is 2.19. The van der Waals surface area contributed by atoms with Crippen molar-refractivity contribution >= 4 is 14.4 Å². The third kappa shape index (κ3) is 7.83. The molecule has 2 N–H and O–H groups in total. The normalized spacial score (nSPS) is 14.8. The van der Waals surface area contributed by atoms with E-state index in [4.69, 9.17) is 14.9 Å². The van der Waals surface area contributed by atoms with E-state index in [2.05, 4.69) is 33.9 Å². The van der Waals surface area contributed by atoms with Gasteiger partial charge in [0.15, 0.2) is 8.32 Å². The molecule has 0 unspecified atom stereocenters. The predicted molar refractivity (Wildman–Crippen MR) is 89.7 cm³/mol. The van der Waals surface area contributed by atoms with Crippen LogP contribution in [0, 0.1) is 0 Å². The maximum absolute atomic E-state index is 12.2. The molecule has 0 radical (unpaired) electrons. The lowest BCUT2D eigenvalue weighted by Crippen LogP contribution is -2.48. The Balaban J connectivity index is 4.83. The summed E-state index contributed by atoms with van der Waals surface area (Å²) in [5, 5.41) is 0.0981. The van der Waals surface area contributed by atoms with Crippen LogP contribution < -0.4 is 5.73 Å². The molecule has 0 aromatic heterocycles. The number of hydrogen-bond donors (Lipinski definition) is 1. The molecule has 0 aromatic carbocycles. The number of ether oxygens (including phenoxy) is 1. The summed E-state index contributed by atoms with van der Waals surface area (Å²) in [5.74, 6) is 0. The van der Waals surface area contributed by atoms with E-state index < -0.39 is 13.9 Å². The van der Waals surface area contributed by atoms with Gasteiger partial charge in [0.05, 0.1) is 0 Å². The van der Waals surface area contributed by atoms with Crippen LogP contribution in [0.4, 0.5) is 4.79 Å². The third-order valence-electron chi connectivity index (χ3n) is 3.55. The molecular weight excluding hydrogens is 284 g/mol. The summed E-state index contributed by atoms with van der Waals surface area (Å²) < 4.78 is 11.5. The summed E-state index contributed by atoms with van der Waals surface area (Å²) in [4.78, 5) is 13.8. The lowest BCUT2D eigenvalue weighted by Gasteiger charge is -2.38. The van der Waals surface area contributed by atoms with Crippen LogP contribution >= 0.6 is 0 Å². The van der Waals surface area contributed by atoms with E-state index in [1.807, 2.05) is 27.7 Å². The van der Waals surface area contributed by atoms with Crippen molar-refractivity contribution in [3.8, 4) is 0 Å². The molecule has 0 heterocycles. The molecular formula is C15H34N2O3Si. The highest BCUT2D eigenvalue weighted by Gasteiger charge is 2.38. The molecule has 21 heavy (non-hydrogen) atoms. The van der Waals surface area contributed by atoms with Crippen LogP contribution in [-0.2, 0) is 9.16 Å². The van der Waals surface area contributed by atoms with E-state index in [0.29, 0.717) is 6.54 Å². The van der Waals surface area contributed by atoms with Crippen LogP contribution in [0.1, 0.15) is 48.5 Å². The molecule has 0 aliphatic carbocycles. The molecule has 126 valence electrons. The van der Waals surface area contributed by atoms with E-state index >= 15 is 0 Å². The monoisotopic (exact) mass is 318 g/mol. The van der Waals surface area contributed by atoms with Gasteiger partial charge in [0, 0.05) is 12.6 Å². The molecule has 1 atom stereocenters. The van der Waals surface area contributed by atoms with E-state index in [1.165, 1.54) is 0 Å². The van der Waals surface area contributed by atoms with Gasteiger partial charge >= 0.3 is 6.09 Å². The smallest absolute Gasteiger partial charge is 0.412 e. The largest absolute Gasteiger partial charge is 0.444 e. The number of amides is 1. The topological polar surface area (TPSA) is 64.8 Å². The summed E-state index contributed by atoms with van der Waals surface area (Å²) in [7, 11) is -1.91. The Morgan fingerprint density at radius 3 is 2.00 bits per heavy atom. The summed E-state index contributed by atoms with van der Waals surface area (Å²) >= 11 is 0. The number of carbonyl (C=O) groups excluding carboxylic acids is 1. The zero-order valence-corrected chi connectivity index (χ0v) is 16.2. The van der Waals surface area contributed by atoms with Crippen molar-refractivity contribution in [2.75, 3.05) is 13.3 Å². The van der Waals surface area contributed by atoms with Crippen molar-refractivity contribution < 1.29 is 14.0 Å². The van der Waals surface area contributed by atoms with Gasteiger partial charge in [-0.1, -0.05) is 20.8 Å². The van der Waals surface area contributed by atoms with E-state index in [-0.39, 0.29) is 23.9 Å². The minimum absolute atomic E-state index is 0.0981. The van der Waals surface area contributed by atoms with Gasteiger partial charge in [0.1, 0.15) is 12.3 Å². The zero-order valence-electron chi connectivity index (χ0n) is 15.2. The van der Waals surface area contributed by atoms with Crippen molar-refractivity contribution in [2.45, 2.75) is 78.2 Å². The van der Waals surface area contributed by atoms with Crippen molar-refractivity contribution in [3.63, 3.8) is 0 Å². The van der Waals surface area contributed by atoms with Crippen molar-refractivity contribution in [2.24, 2.45) is 5.73 Å². The van der Waals surface area contributed by atoms with E-state index in [9.17, 15) is 4.79 Å². The van der Waals surface area contributed by atoms with Gasteiger partial charge in [-0.05, 0) is 45.8 Å². The SMILES string of the molecule is C[C@H](N)CN(CO[Si](C)(C)C(C)(C)C)C(=O)OC(C)(C)C. The minimum atomic E-state index is -1.91. The number of nitrogens with two attached hydrogens (primary N) is 1. The predicted octanol–water partition coefficient (Wildman–Crippen LogP) is 3.55. The van der Waals surface area contributed by atoms with Crippen LogP contribution in [-0.4, -0.2) is 44.2 Å². The quantitative estimate of drug-likeness (QED) is 0.622. The molecule has 6 heteroatoms. The Labute approximate surface area is 131 Å². The second kappa shape index (κ2) is 7.11. The van der Waals surface area contributed by atoms with E-state index in [1.54, 1.807) is 4.90 Å². The number of hydrogen-bond acceptors (Lipinski definition) is 4. The van der Waals surface area contributed by atoms with Crippen molar-refractivity contribution in [3.05, 3.63) is 0 Å². The lowest BCUT2D eigenvalue weighted by atomic mass is 10.2.